The van der Waals surface area contributed by atoms with Gasteiger partial charge < -0.3 is 10.1 Å². The lowest BCUT2D eigenvalue weighted by molar-refractivity contribution is 0.472. The molecule has 1 aromatic rings. The van der Waals surface area contributed by atoms with Gasteiger partial charge in [-0.2, -0.15) is 0 Å². The van der Waals surface area contributed by atoms with Crippen LogP contribution >= 0.6 is 0 Å². The number of nitrogens with one attached hydrogen (secondary N) is 1. The summed E-state index contributed by atoms with van der Waals surface area (Å²) < 4.78 is 0. The van der Waals surface area contributed by atoms with E-state index in [1.807, 2.05) is 0 Å². The molecular formula is C16H27NO2. The lowest BCUT2D eigenvalue weighted by atomic mass is 10.1. The van der Waals surface area contributed by atoms with Crippen molar-refractivity contribution in [3.05, 3.63) is 28.2 Å². The van der Waals surface area contributed by atoms with E-state index >= 15 is 0 Å². The summed E-state index contributed by atoms with van der Waals surface area (Å²) >= 11 is 0. The van der Waals surface area contributed by atoms with Crippen molar-refractivity contribution in [2.75, 3.05) is 0 Å². The molecule has 3 nitrogen and oxygen atoms in total. The Kier molecular flexibility index (Phi) is 8.03. The predicted octanol–water partition coefficient (Wildman–Crippen LogP) is 4.15. The molecule has 0 amide bonds. The van der Waals surface area contributed by atoms with Gasteiger partial charge in [0.25, 0.3) is 5.56 Å². The molecule has 1 heterocycles. The summed E-state index contributed by atoms with van der Waals surface area (Å²) in [6, 6.07) is 2.85. The van der Waals surface area contributed by atoms with Crippen molar-refractivity contribution >= 4 is 0 Å². The molecule has 108 valence electrons. The molecule has 0 saturated carbocycles. The Bertz CT molecular complexity index is 398. The molecule has 0 atom stereocenters. The van der Waals surface area contributed by atoms with Gasteiger partial charge in [-0.25, -0.2) is 0 Å². The summed E-state index contributed by atoms with van der Waals surface area (Å²) in [7, 11) is 0. The molecule has 0 fully saturated rings. The number of pyridine rings is 1. The number of unbranched alkanes of at least 4 members (excludes halogenated alkanes) is 8. The van der Waals surface area contributed by atoms with E-state index in [9.17, 15) is 9.90 Å². The Morgan fingerprint density at radius 2 is 1.53 bits per heavy atom. The van der Waals surface area contributed by atoms with Crippen LogP contribution in [0.2, 0.25) is 0 Å². The SMILES string of the molecule is CCCCCCCCCCCc1cc(O)cc(=O)[nH]1. The maximum atomic E-state index is 11.2. The molecule has 3 heteroatoms. The van der Waals surface area contributed by atoms with Crippen LogP contribution in [0.5, 0.6) is 5.75 Å². The smallest absolute Gasteiger partial charge is 0.251 e. The zero-order valence-electron chi connectivity index (χ0n) is 12.1. The topological polar surface area (TPSA) is 53.1 Å². The molecule has 0 unspecified atom stereocenters. The Balaban J connectivity index is 2.03. The average Bonchev–Trinajstić information content (AvgIpc) is 2.36. The minimum atomic E-state index is -0.217. The molecule has 0 aromatic carbocycles. The molecule has 2 N–H and O–H groups in total. The monoisotopic (exact) mass is 265 g/mol. The third-order valence-corrected chi connectivity index (χ3v) is 3.43. The van der Waals surface area contributed by atoms with E-state index in [4.69, 9.17) is 0 Å². The molecule has 0 bridgehead atoms. The summed E-state index contributed by atoms with van der Waals surface area (Å²) in [6.45, 7) is 2.24. The summed E-state index contributed by atoms with van der Waals surface area (Å²) in [5.41, 5.74) is 0.624. The van der Waals surface area contributed by atoms with Crippen molar-refractivity contribution in [3.63, 3.8) is 0 Å². The number of H-pyrrole nitrogens is 1. The Labute approximate surface area is 116 Å². The third kappa shape index (κ3) is 7.70. The van der Waals surface area contributed by atoms with E-state index in [0.29, 0.717) is 0 Å². The second-order valence-electron chi connectivity index (χ2n) is 5.31. The molecule has 0 aliphatic rings. The van der Waals surface area contributed by atoms with Gasteiger partial charge in [-0.05, 0) is 18.9 Å². The van der Waals surface area contributed by atoms with E-state index in [1.54, 1.807) is 6.07 Å². The molecule has 1 rings (SSSR count). The Morgan fingerprint density at radius 3 is 2.11 bits per heavy atom. The highest BCUT2D eigenvalue weighted by Crippen LogP contribution is 2.12. The van der Waals surface area contributed by atoms with Gasteiger partial charge in [0, 0.05) is 11.8 Å². The number of hydrogen-bond donors (Lipinski definition) is 2. The van der Waals surface area contributed by atoms with Gasteiger partial charge in [0.15, 0.2) is 0 Å². The second-order valence-corrected chi connectivity index (χ2v) is 5.31. The number of hydrogen-bond acceptors (Lipinski definition) is 2. The molecule has 0 spiro atoms. The van der Waals surface area contributed by atoms with Crippen molar-refractivity contribution in [1.82, 2.24) is 4.98 Å². The molecule has 19 heavy (non-hydrogen) atoms. The summed E-state index contributed by atoms with van der Waals surface area (Å²) in [6.07, 6.45) is 12.5. The van der Waals surface area contributed by atoms with Crippen molar-refractivity contribution in [2.24, 2.45) is 0 Å². The fourth-order valence-electron chi connectivity index (χ4n) is 2.35. The van der Waals surface area contributed by atoms with E-state index in [-0.39, 0.29) is 11.3 Å². The van der Waals surface area contributed by atoms with E-state index in [2.05, 4.69) is 11.9 Å². The molecule has 0 aliphatic heterocycles. The zero-order valence-corrected chi connectivity index (χ0v) is 12.1. The lowest BCUT2D eigenvalue weighted by Crippen LogP contribution is -2.06. The van der Waals surface area contributed by atoms with Crippen molar-refractivity contribution < 1.29 is 5.11 Å². The molecule has 0 saturated heterocycles. The first-order chi connectivity index (χ1) is 9.22. The van der Waals surface area contributed by atoms with Crippen LogP contribution < -0.4 is 5.56 Å². The van der Waals surface area contributed by atoms with Gasteiger partial charge in [0.2, 0.25) is 0 Å². The number of rotatable bonds is 10. The van der Waals surface area contributed by atoms with E-state index in [1.165, 1.54) is 57.4 Å². The summed E-state index contributed by atoms with van der Waals surface area (Å²) in [5, 5.41) is 9.32. The maximum absolute atomic E-state index is 11.2. The Hall–Kier alpha value is -1.25. The first-order valence-corrected chi connectivity index (χ1v) is 7.64. The van der Waals surface area contributed by atoms with Gasteiger partial charge in [-0.15, -0.1) is 0 Å². The minimum absolute atomic E-state index is 0.0645. The quantitative estimate of drug-likeness (QED) is 0.624. The van der Waals surface area contributed by atoms with Crippen LogP contribution in [0.4, 0.5) is 0 Å². The van der Waals surface area contributed by atoms with Crippen LogP contribution in [0.3, 0.4) is 0 Å². The first kappa shape index (κ1) is 15.8. The average molecular weight is 265 g/mol. The fourth-order valence-corrected chi connectivity index (χ4v) is 2.35. The van der Waals surface area contributed by atoms with Gasteiger partial charge in [0.1, 0.15) is 5.75 Å². The van der Waals surface area contributed by atoms with Crippen LogP contribution in [0.15, 0.2) is 16.9 Å². The predicted molar refractivity (Wildman–Crippen MR) is 79.7 cm³/mol. The third-order valence-electron chi connectivity index (χ3n) is 3.43. The summed E-state index contributed by atoms with van der Waals surface area (Å²) in [5.74, 6) is 0.0645. The van der Waals surface area contributed by atoms with Gasteiger partial charge >= 0.3 is 0 Å². The number of aryl methyl sites for hydroxylation is 1. The van der Waals surface area contributed by atoms with E-state index in [0.717, 1.165) is 18.5 Å². The minimum Gasteiger partial charge on any atom is -0.508 e. The molecular weight excluding hydrogens is 238 g/mol. The zero-order chi connectivity index (χ0) is 13.9. The van der Waals surface area contributed by atoms with Gasteiger partial charge in [0.05, 0.1) is 0 Å². The Morgan fingerprint density at radius 1 is 0.947 bits per heavy atom. The van der Waals surface area contributed by atoms with Crippen LogP contribution in [-0.4, -0.2) is 10.1 Å². The highest BCUT2D eigenvalue weighted by molar-refractivity contribution is 5.20. The first-order valence-electron chi connectivity index (χ1n) is 7.64. The highest BCUT2D eigenvalue weighted by Gasteiger charge is 1.98. The summed E-state index contributed by atoms with van der Waals surface area (Å²) in [4.78, 5) is 13.9. The van der Waals surface area contributed by atoms with Crippen molar-refractivity contribution in [3.8, 4) is 5.75 Å². The number of aromatic amines is 1. The normalized spacial score (nSPS) is 10.8. The van der Waals surface area contributed by atoms with Crippen LogP contribution in [0.1, 0.15) is 70.4 Å². The van der Waals surface area contributed by atoms with Crippen LogP contribution in [0.25, 0.3) is 0 Å². The molecule has 0 aliphatic carbocycles. The van der Waals surface area contributed by atoms with Crippen molar-refractivity contribution in [2.45, 2.75) is 71.1 Å². The number of aromatic hydroxyl groups is 1. The fraction of sp³-hybridized carbons (Fsp3) is 0.688. The van der Waals surface area contributed by atoms with Crippen LogP contribution in [-0.2, 0) is 6.42 Å². The van der Waals surface area contributed by atoms with Gasteiger partial charge in [-0.1, -0.05) is 58.3 Å². The highest BCUT2D eigenvalue weighted by atomic mass is 16.3. The molecule has 1 aromatic heterocycles. The maximum Gasteiger partial charge on any atom is 0.251 e. The second kappa shape index (κ2) is 9.65. The number of aromatic nitrogens is 1. The molecule has 0 radical (unpaired) electrons. The standard InChI is InChI=1S/C16H27NO2/c1-2-3-4-5-6-7-8-9-10-11-14-12-15(18)13-16(19)17-14/h12-13H,2-11H2,1H3,(H2,17,18,19). The van der Waals surface area contributed by atoms with Gasteiger partial charge in [-0.3, -0.25) is 4.79 Å². The van der Waals surface area contributed by atoms with E-state index < -0.39 is 0 Å². The largest absolute Gasteiger partial charge is 0.508 e. The lowest BCUT2D eigenvalue weighted by Gasteiger charge is -2.03. The van der Waals surface area contributed by atoms with Crippen LogP contribution in [0, 0.1) is 0 Å². The van der Waals surface area contributed by atoms with Crippen molar-refractivity contribution in [1.29, 1.82) is 0 Å².